The summed E-state index contributed by atoms with van der Waals surface area (Å²) in [5, 5.41) is 12.7. The molecular weight excluding hydrogens is 150 g/mol. The molecule has 0 radical (unpaired) electrons. The van der Waals surface area contributed by atoms with E-state index < -0.39 is 0 Å². The lowest BCUT2D eigenvalue weighted by atomic mass is 10.0. The van der Waals surface area contributed by atoms with E-state index in [0.717, 1.165) is 16.7 Å². The average Bonchev–Trinajstić information content (AvgIpc) is 2.07. The van der Waals surface area contributed by atoms with Crippen LogP contribution in [0.1, 0.15) is 16.7 Å². The van der Waals surface area contributed by atoms with Gasteiger partial charge in [-0.2, -0.15) is 0 Å². The van der Waals surface area contributed by atoms with Crippen molar-refractivity contribution in [3.8, 4) is 5.75 Å². The van der Waals surface area contributed by atoms with E-state index in [1.54, 1.807) is 0 Å². The molecule has 0 spiro atoms. The molecule has 0 saturated heterocycles. The molecule has 0 heterocycles. The Morgan fingerprint density at radius 3 is 2.58 bits per heavy atom. The van der Waals surface area contributed by atoms with Crippen molar-refractivity contribution in [2.75, 3.05) is 7.05 Å². The summed E-state index contributed by atoms with van der Waals surface area (Å²) in [5.74, 6) is 0.421. The Morgan fingerprint density at radius 1 is 1.33 bits per heavy atom. The van der Waals surface area contributed by atoms with Gasteiger partial charge in [0.15, 0.2) is 0 Å². The molecule has 0 atom stereocenters. The topological polar surface area (TPSA) is 32.3 Å². The van der Waals surface area contributed by atoms with Crippen LogP contribution in [0, 0.1) is 13.8 Å². The van der Waals surface area contributed by atoms with Gasteiger partial charge in [-0.05, 0) is 32.0 Å². The van der Waals surface area contributed by atoms with Crippen LogP contribution in [0.15, 0.2) is 12.1 Å². The molecule has 0 fully saturated rings. The van der Waals surface area contributed by atoms with Crippen LogP contribution in [0.2, 0.25) is 0 Å². The summed E-state index contributed by atoms with van der Waals surface area (Å²) in [6, 6.07) is 3.98. The molecule has 0 bridgehead atoms. The lowest BCUT2D eigenvalue weighted by molar-refractivity contribution is 0.461. The first kappa shape index (κ1) is 9.07. The Bertz CT molecular complexity index is 281. The first-order valence-corrected chi connectivity index (χ1v) is 4.09. The molecule has 12 heavy (non-hydrogen) atoms. The molecule has 0 saturated carbocycles. The molecule has 66 valence electrons. The monoisotopic (exact) mass is 165 g/mol. The Kier molecular flexibility index (Phi) is 2.71. The van der Waals surface area contributed by atoms with Gasteiger partial charge in [0.1, 0.15) is 5.75 Å². The molecule has 0 unspecified atom stereocenters. The average molecular weight is 165 g/mol. The second kappa shape index (κ2) is 3.59. The van der Waals surface area contributed by atoms with Gasteiger partial charge in [-0.1, -0.05) is 12.1 Å². The lowest BCUT2D eigenvalue weighted by Gasteiger charge is -2.08. The number of aryl methyl sites for hydroxylation is 1. The summed E-state index contributed by atoms with van der Waals surface area (Å²) in [6.07, 6.45) is 0. The summed E-state index contributed by atoms with van der Waals surface area (Å²) in [5.41, 5.74) is 3.07. The van der Waals surface area contributed by atoms with E-state index in [9.17, 15) is 5.11 Å². The highest BCUT2D eigenvalue weighted by Gasteiger charge is 2.04. The Morgan fingerprint density at radius 2 is 2.00 bits per heavy atom. The zero-order chi connectivity index (χ0) is 9.14. The number of hydrogen-bond acceptors (Lipinski definition) is 2. The van der Waals surface area contributed by atoms with E-state index >= 15 is 0 Å². The van der Waals surface area contributed by atoms with E-state index in [1.165, 1.54) is 0 Å². The molecule has 2 N–H and O–H groups in total. The fourth-order valence-corrected chi connectivity index (χ4v) is 1.19. The summed E-state index contributed by atoms with van der Waals surface area (Å²) >= 11 is 0. The van der Waals surface area contributed by atoms with Crippen molar-refractivity contribution in [1.82, 2.24) is 5.32 Å². The van der Waals surface area contributed by atoms with Crippen molar-refractivity contribution in [1.29, 1.82) is 0 Å². The minimum absolute atomic E-state index is 0.421. The Labute approximate surface area is 73.2 Å². The van der Waals surface area contributed by atoms with Gasteiger partial charge in [-0.3, -0.25) is 0 Å². The van der Waals surface area contributed by atoms with Crippen molar-refractivity contribution in [2.45, 2.75) is 20.4 Å². The minimum Gasteiger partial charge on any atom is -0.507 e. The number of hydrogen-bond donors (Lipinski definition) is 2. The molecule has 1 aromatic rings. The molecule has 1 aromatic carbocycles. The van der Waals surface area contributed by atoms with Gasteiger partial charge in [0, 0.05) is 12.1 Å². The smallest absolute Gasteiger partial charge is 0.123 e. The zero-order valence-electron chi connectivity index (χ0n) is 7.81. The van der Waals surface area contributed by atoms with Gasteiger partial charge in [0.2, 0.25) is 0 Å². The van der Waals surface area contributed by atoms with Crippen LogP contribution in [0.3, 0.4) is 0 Å². The summed E-state index contributed by atoms with van der Waals surface area (Å²) < 4.78 is 0. The summed E-state index contributed by atoms with van der Waals surface area (Å²) in [7, 11) is 1.87. The second-order valence-electron chi connectivity index (χ2n) is 3.05. The normalized spacial score (nSPS) is 10.2. The van der Waals surface area contributed by atoms with E-state index in [4.69, 9.17) is 0 Å². The molecule has 2 heteroatoms. The van der Waals surface area contributed by atoms with E-state index in [2.05, 4.69) is 5.32 Å². The van der Waals surface area contributed by atoms with Crippen molar-refractivity contribution in [3.05, 3.63) is 28.8 Å². The van der Waals surface area contributed by atoms with Gasteiger partial charge < -0.3 is 10.4 Å². The van der Waals surface area contributed by atoms with Gasteiger partial charge in [0.05, 0.1) is 0 Å². The second-order valence-corrected chi connectivity index (χ2v) is 3.05. The summed E-state index contributed by atoms with van der Waals surface area (Å²) in [4.78, 5) is 0. The number of benzene rings is 1. The third-order valence-electron chi connectivity index (χ3n) is 2.15. The number of phenols is 1. The van der Waals surface area contributed by atoms with Crippen molar-refractivity contribution in [2.24, 2.45) is 0 Å². The molecule has 0 amide bonds. The van der Waals surface area contributed by atoms with Crippen LogP contribution in [-0.2, 0) is 6.54 Å². The highest BCUT2D eigenvalue weighted by atomic mass is 16.3. The van der Waals surface area contributed by atoms with Crippen LogP contribution in [0.5, 0.6) is 5.75 Å². The third kappa shape index (κ3) is 1.59. The standard InChI is InChI=1S/C10H15NO/c1-7-4-5-9(6-11-3)10(12)8(7)2/h4-5,11-12H,6H2,1-3H3. The molecule has 0 aliphatic heterocycles. The van der Waals surface area contributed by atoms with Crippen LogP contribution < -0.4 is 5.32 Å². The summed E-state index contributed by atoms with van der Waals surface area (Å²) in [6.45, 7) is 4.65. The molecular formula is C10H15NO. The van der Waals surface area contributed by atoms with Crippen LogP contribution in [0.4, 0.5) is 0 Å². The highest BCUT2D eigenvalue weighted by Crippen LogP contribution is 2.24. The number of nitrogens with one attached hydrogen (secondary N) is 1. The predicted molar refractivity (Wildman–Crippen MR) is 50.3 cm³/mol. The molecule has 2 nitrogen and oxygen atoms in total. The van der Waals surface area contributed by atoms with Crippen LogP contribution >= 0.6 is 0 Å². The van der Waals surface area contributed by atoms with Crippen molar-refractivity contribution < 1.29 is 5.11 Å². The fraction of sp³-hybridized carbons (Fsp3) is 0.400. The molecule has 0 aliphatic carbocycles. The number of rotatable bonds is 2. The van der Waals surface area contributed by atoms with Crippen molar-refractivity contribution in [3.63, 3.8) is 0 Å². The van der Waals surface area contributed by atoms with Gasteiger partial charge >= 0.3 is 0 Å². The lowest BCUT2D eigenvalue weighted by Crippen LogP contribution is -2.05. The maximum atomic E-state index is 9.67. The quantitative estimate of drug-likeness (QED) is 0.699. The van der Waals surface area contributed by atoms with Gasteiger partial charge in [-0.15, -0.1) is 0 Å². The largest absolute Gasteiger partial charge is 0.507 e. The van der Waals surface area contributed by atoms with Crippen LogP contribution in [0.25, 0.3) is 0 Å². The van der Waals surface area contributed by atoms with Crippen LogP contribution in [-0.4, -0.2) is 12.2 Å². The first-order chi connectivity index (χ1) is 5.66. The molecule has 1 rings (SSSR count). The maximum Gasteiger partial charge on any atom is 0.123 e. The molecule has 0 aliphatic rings. The fourth-order valence-electron chi connectivity index (χ4n) is 1.19. The van der Waals surface area contributed by atoms with Gasteiger partial charge in [-0.25, -0.2) is 0 Å². The minimum atomic E-state index is 0.421. The van der Waals surface area contributed by atoms with E-state index in [0.29, 0.717) is 12.3 Å². The maximum absolute atomic E-state index is 9.67. The van der Waals surface area contributed by atoms with Gasteiger partial charge in [0.25, 0.3) is 0 Å². The Hall–Kier alpha value is -1.02. The number of aromatic hydroxyl groups is 1. The SMILES string of the molecule is CNCc1ccc(C)c(C)c1O. The predicted octanol–water partition coefficient (Wildman–Crippen LogP) is 1.73. The van der Waals surface area contributed by atoms with Crippen molar-refractivity contribution >= 4 is 0 Å². The third-order valence-corrected chi connectivity index (χ3v) is 2.15. The molecule has 0 aromatic heterocycles. The van der Waals surface area contributed by atoms with E-state index in [1.807, 2.05) is 33.0 Å². The Balaban J connectivity index is 3.08. The van der Waals surface area contributed by atoms with E-state index in [-0.39, 0.29) is 0 Å². The highest BCUT2D eigenvalue weighted by molar-refractivity contribution is 5.43. The zero-order valence-corrected chi connectivity index (χ0v) is 7.81. The first-order valence-electron chi connectivity index (χ1n) is 4.09. The number of phenolic OH excluding ortho intramolecular Hbond substituents is 1.